The van der Waals surface area contributed by atoms with Crippen molar-refractivity contribution in [2.45, 2.75) is 30.3 Å². The number of thiazole rings is 1. The van der Waals surface area contributed by atoms with Crippen molar-refractivity contribution in [3.63, 3.8) is 0 Å². The summed E-state index contributed by atoms with van der Waals surface area (Å²) in [6.07, 6.45) is -0.0139. The number of ether oxygens (including phenoxy) is 2. The number of amides is 3. The molecule has 4 heterocycles. The molecule has 0 saturated carbocycles. The summed E-state index contributed by atoms with van der Waals surface area (Å²) in [5.74, 6) is -0.576. The number of methoxy groups -OCH3 is 1. The minimum absolute atomic E-state index is 0.0162. The summed E-state index contributed by atoms with van der Waals surface area (Å²) in [6, 6.07) is 9.01. The number of fused-ring (bicyclic) bond motifs is 2. The summed E-state index contributed by atoms with van der Waals surface area (Å²) in [4.78, 5) is 50.1. The lowest BCUT2D eigenvalue weighted by Crippen LogP contribution is -2.58. The number of piperazine rings is 1. The number of benzene rings is 2. The first-order chi connectivity index (χ1) is 22.5. The summed E-state index contributed by atoms with van der Waals surface area (Å²) < 4.78 is 39.3. The molecule has 2 aromatic carbocycles. The molecule has 2 N–H and O–H groups in total. The van der Waals surface area contributed by atoms with Gasteiger partial charge in [-0.1, -0.05) is 18.2 Å². The first kappa shape index (κ1) is 33.0. The topological polar surface area (TPSA) is 166 Å². The maximum atomic E-state index is 14.0. The van der Waals surface area contributed by atoms with Crippen molar-refractivity contribution in [3.05, 3.63) is 57.5 Å². The summed E-state index contributed by atoms with van der Waals surface area (Å²) >= 11 is 1.37. The number of aromatic nitrogens is 1. The van der Waals surface area contributed by atoms with Crippen molar-refractivity contribution in [1.82, 2.24) is 29.3 Å². The molecular weight excluding hydrogens is 647 g/mol. The molecule has 0 aliphatic carbocycles. The number of likely N-dealkylation sites (N-methyl/N-ethyl adjacent to an activating group) is 1. The Morgan fingerprint density at radius 3 is 2.57 bits per heavy atom. The van der Waals surface area contributed by atoms with E-state index in [1.54, 1.807) is 40.1 Å². The number of morpholine rings is 1. The van der Waals surface area contributed by atoms with E-state index in [9.17, 15) is 22.8 Å². The third-order valence-electron chi connectivity index (χ3n) is 8.74. The van der Waals surface area contributed by atoms with E-state index in [1.165, 1.54) is 28.8 Å². The molecule has 6 rings (SSSR count). The van der Waals surface area contributed by atoms with Crippen LogP contribution in [0, 0.1) is 5.41 Å². The van der Waals surface area contributed by atoms with Gasteiger partial charge in [-0.2, -0.15) is 4.31 Å². The normalized spacial score (nSPS) is 19.3. The molecule has 0 spiro atoms. The molecule has 3 amide bonds. The summed E-state index contributed by atoms with van der Waals surface area (Å²) in [6.45, 7) is 3.51. The first-order valence-corrected chi connectivity index (χ1v) is 17.6. The molecular formula is C31H37N7O7S2. The SMILES string of the molecule is COC(=O)NC(=N)c1ccc2cc(S(=O)(=O)N3CCN(C(=O)c4nc5c(s4)CN(C)CC5)C(CC(=O)N4CCOCC4)C3)ccc2c1. The zero-order valence-corrected chi connectivity index (χ0v) is 27.9. The molecule has 14 nitrogen and oxygen atoms in total. The van der Waals surface area contributed by atoms with Crippen LogP contribution in [0.4, 0.5) is 4.79 Å². The molecule has 1 unspecified atom stereocenters. The lowest BCUT2D eigenvalue weighted by atomic mass is 10.1. The highest BCUT2D eigenvalue weighted by Gasteiger charge is 2.39. The number of nitrogens with zero attached hydrogens (tertiary/aromatic N) is 5. The largest absolute Gasteiger partial charge is 0.453 e. The molecule has 3 aromatic rings. The van der Waals surface area contributed by atoms with Crippen molar-refractivity contribution in [2.75, 3.05) is 66.6 Å². The number of nitrogens with one attached hydrogen (secondary N) is 2. The fourth-order valence-electron chi connectivity index (χ4n) is 6.08. The number of alkyl carbamates (subject to hydrolysis) is 1. The van der Waals surface area contributed by atoms with Gasteiger partial charge in [0.05, 0.1) is 37.0 Å². The number of amidine groups is 1. The maximum absolute atomic E-state index is 14.0. The number of rotatable bonds is 6. The molecule has 2 saturated heterocycles. The number of sulfonamides is 1. The number of carbonyl (C=O) groups is 3. The van der Waals surface area contributed by atoms with Gasteiger partial charge in [0.2, 0.25) is 15.9 Å². The Morgan fingerprint density at radius 2 is 1.81 bits per heavy atom. The lowest BCUT2D eigenvalue weighted by molar-refractivity contribution is -0.136. The maximum Gasteiger partial charge on any atom is 0.412 e. The number of carbonyl (C=O) groups excluding carboxylic acids is 3. The van der Waals surface area contributed by atoms with Crippen molar-refractivity contribution in [1.29, 1.82) is 5.41 Å². The average Bonchev–Trinajstić information content (AvgIpc) is 3.51. The highest BCUT2D eigenvalue weighted by molar-refractivity contribution is 7.89. The minimum Gasteiger partial charge on any atom is -0.453 e. The van der Waals surface area contributed by atoms with E-state index in [0.717, 1.165) is 30.1 Å². The van der Waals surface area contributed by atoms with E-state index >= 15 is 0 Å². The van der Waals surface area contributed by atoms with Gasteiger partial charge in [0.25, 0.3) is 5.91 Å². The van der Waals surface area contributed by atoms with Gasteiger partial charge in [-0.15, -0.1) is 11.3 Å². The zero-order valence-electron chi connectivity index (χ0n) is 26.2. The van der Waals surface area contributed by atoms with Crippen LogP contribution in [0.25, 0.3) is 10.8 Å². The Hall–Kier alpha value is -3.96. The quantitative estimate of drug-likeness (QED) is 0.291. The third-order valence-corrected chi connectivity index (χ3v) is 11.7. The predicted molar refractivity (Wildman–Crippen MR) is 174 cm³/mol. The summed E-state index contributed by atoms with van der Waals surface area (Å²) in [5, 5.41) is 12.1. The Kier molecular flexibility index (Phi) is 9.57. The van der Waals surface area contributed by atoms with Crippen LogP contribution in [0.15, 0.2) is 41.3 Å². The van der Waals surface area contributed by atoms with Crippen LogP contribution >= 0.6 is 11.3 Å². The van der Waals surface area contributed by atoms with E-state index in [0.29, 0.717) is 47.6 Å². The Labute approximate surface area is 276 Å². The standard InChI is InChI=1S/C31H37N7O7S2/c1-35-8-7-25-26(19-35)46-29(33-25)30(40)38-10-9-37(18-23(38)17-27(39)36-11-13-45-14-12-36)47(42,43)24-6-5-20-15-22(4-3-21(20)16-24)28(32)34-31(41)44-2/h3-6,15-16,23H,7-14,17-19H2,1-2H3,(H2,32,34,41). The lowest BCUT2D eigenvalue weighted by Gasteiger charge is -2.41. The molecule has 16 heteroatoms. The summed E-state index contributed by atoms with van der Waals surface area (Å²) in [7, 11) is -0.763. The zero-order chi connectivity index (χ0) is 33.3. The number of hydrogen-bond donors (Lipinski definition) is 2. The highest BCUT2D eigenvalue weighted by atomic mass is 32.2. The van der Waals surface area contributed by atoms with Crippen LogP contribution in [0.2, 0.25) is 0 Å². The van der Waals surface area contributed by atoms with Gasteiger partial charge in [-0.25, -0.2) is 18.2 Å². The van der Waals surface area contributed by atoms with E-state index in [4.69, 9.17) is 10.1 Å². The van der Waals surface area contributed by atoms with Gasteiger partial charge in [-0.3, -0.25) is 20.3 Å². The van der Waals surface area contributed by atoms with Gasteiger partial charge < -0.3 is 24.2 Å². The van der Waals surface area contributed by atoms with Gasteiger partial charge in [-0.05, 0) is 36.0 Å². The van der Waals surface area contributed by atoms with Crippen LogP contribution in [-0.2, 0) is 37.3 Å². The second-order valence-electron chi connectivity index (χ2n) is 11.8. The van der Waals surface area contributed by atoms with Crippen LogP contribution in [0.5, 0.6) is 0 Å². The molecule has 1 aromatic heterocycles. The molecule has 3 aliphatic rings. The minimum atomic E-state index is -4.00. The van der Waals surface area contributed by atoms with Crippen LogP contribution in [0.3, 0.4) is 0 Å². The van der Waals surface area contributed by atoms with Gasteiger partial charge in [0.15, 0.2) is 5.01 Å². The monoisotopic (exact) mass is 683 g/mol. The smallest absolute Gasteiger partial charge is 0.412 e. The first-order valence-electron chi connectivity index (χ1n) is 15.3. The second-order valence-corrected chi connectivity index (χ2v) is 14.8. The molecule has 2 fully saturated rings. The molecule has 47 heavy (non-hydrogen) atoms. The Balaban J connectivity index is 1.24. The fourth-order valence-corrected chi connectivity index (χ4v) is 8.73. The van der Waals surface area contributed by atoms with Crippen molar-refractivity contribution in [3.8, 4) is 0 Å². The van der Waals surface area contributed by atoms with Gasteiger partial charge in [0, 0.05) is 69.1 Å². The second kappa shape index (κ2) is 13.6. The van der Waals surface area contributed by atoms with E-state index < -0.39 is 22.2 Å². The van der Waals surface area contributed by atoms with E-state index in [2.05, 4.69) is 19.9 Å². The fraction of sp³-hybridized carbons (Fsp3) is 0.452. The molecule has 0 radical (unpaired) electrons. The third kappa shape index (κ3) is 7.01. The van der Waals surface area contributed by atoms with E-state index in [1.807, 2.05) is 7.05 Å². The molecule has 3 aliphatic heterocycles. The molecule has 250 valence electrons. The summed E-state index contributed by atoms with van der Waals surface area (Å²) in [5.41, 5.74) is 1.36. The van der Waals surface area contributed by atoms with Crippen molar-refractivity contribution >= 4 is 55.9 Å². The average molecular weight is 684 g/mol. The predicted octanol–water partition coefficient (Wildman–Crippen LogP) is 1.73. The molecule has 0 bridgehead atoms. The van der Waals surface area contributed by atoms with Crippen LogP contribution in [0.1, 0.15) is 32.4 Å². The van der Waals surface area contributed by atoms with Gasteiger partial charge in [0.1, 0.15) is 5.84 Å². The van der Waals surface area contributed by atoms with Crippen molar-refractivity contribution in [2.24, 2.45) is 0 Å². The van der Waals surface area contributed by atoms with Crippen LogP contribution < -0.4 is 5.32 Å². The van der Waals surface area contributed by atoms with Gasteiger partial charge >= 0.3 is 6.09 Å². The molecule has 1 atom stereocenters. The Bertz CT molecular complexity index is 1820. The van der Waals surface area contributed by atoms with Crippen molar-refractivity contribution < 1.29 is 32.3 Å². The Morgan fingerprint density at radius 1 is 1.06 bits per heavy atom. The highest BCUT2D eigenvalue weighted by Crippen LogP contribution is 2.29. The van der Waals surface area contributed by atoms with E-state index in [-0.39, 0.29) is 48.6 Å². The number of hydrogen-bond acceptors (Lipinski definition) is 11. The van der Waals surface area contributed by atoms with Crippen LogP contribution in [-0.4, -0.2) is 129 Å².